The summed E-state index contributed by atoms with van der Waals surface area (Å²) in [6.45, 7) is 17.7. The van der Waals surface area contributed by atoms with E-state index in [9.17, 15) is 0 Å². The molecule has 2 heterocycles. The van der Waals surface area contributed by atoms with Crippen LogP contribution in [0.15, 0.2) is 195 Å². The van der Waals surface area contributed by atoms with Gasteiger partial charge in [0.05, 0.1) is 0 Å². The van der Waals surface area contributed by atoms with Gasteiger partial charge in [-0.15, -0.1) is 11.3 Å². The molecule has 0 aliphatic carbocycles. The largest absolute Gasteiger partial charge is 0.208 e. The van der Waals surface area contributed by atoms with Gasteiger partial charge in [0.2, 0.25) is 0 Å². The third kappa shape index (κ3) is 8.56. The van der Waals surface area contributed by atoms with Crippen LogP contribution >= 0.6 is 11.3 Å². The maximum absolute atomic E-state index is 4.99. The molecule has 8 aromatic rings. The van der Waals surface area contributed by atoms with E-state index in [4.69, 9.17) is 21.5 Å². The van der Waals surface area contributed by atoms with Gasteiger partial charge in [-0.05, 0) is 114 Å². The molecule has 4 heteroatoms. The Kier molecular flexibility index (Phi) is 11.8. The van der Waals surface area contributed by atoms with E-state index in [2.05, 4.69) is 148 Å². The summed E-state index contributed by atoms with van der Waals surface area (Å²) in [6, 6.07) is 51.0. The number of thiophene rings is 1. The number of hydrogen-bond donors (Lipinski definition) is 0. The number of aryl methyl sites for hydroxylation is 1. The van der Waals surface area contributed by atoms with Crippen molar-refractivity contribution in [2.24, 2.45) is 0 Å². The van der Waals surface area contributed by atoms with Crippen molar-refractivity contribution in [3.63, 3.8) is 0 Å². The van der Waals surface area contributed by atoms with Crippen molar-refractivity contribution in [1.29, 1.82) is 0 Å². The molecule has 0 saturated carbocycles. The molecule has 0 aliphatic heterocycles. The molecule has 0 aliphatic rings. The van der Waals surface area contributed by atoms with Crippen molar-refractivity contribution < 1.29 is 0 Å². The summed E-state index contributed by atoms with van der Waals surface area (Å²) < 4.78 is 2.60. The lowest BCUT2D eigenvalue weighted by Crippen LogP contribution is -2.02. The van der Waals surface area contributed by atoms with E-state index >= 15 is 0 Å². The van der Waals surface area contributed by atoms with Gasteiger partial charge in [-0.1, -0.05) is 165 Å². The second kappa shape index (κ2) is 17.9. The van der Waals surface area contributed by atoms with Crippen LogP contribution in [0.5, 0.6) is 0 Å². The molecule has 3 nitrogen and oxygen atoms in total. The standard InChI is InChI=1S/C56H47N3S/c1-7-19-42(8-2)54-57-55(43-21-10-9-11-22-43)59-56(58-54)46-24-18-23-44(35-46)38(4)32-41(34-40(6)48-26-14-15-27-49(48)47-25-13-12-20-37(47)3)33-39(5)45-30-31-53-51(36-45)50-28-16-17-29-52(50)60-53/h7-33,35-36H,4,6,34H2,1-3,5H3/b19-7-,39-33+,41-32+,42-8+. The van der Waals surface area contributed by atoms with Crippen LogP contribution in [0.4, 0.5) is 0 Å². The molecule has 0 radical (unpaired) electrons. The van der Waals surface area contributed by atoms with Crippen LogP contribution in [0.1, 0.15) is 55.3 Å². The second-order valence-electron chi connectivity index (χ2n) is 15.0. The average Bonchev–Trinajstić information content (AvgIpc) is 3.66. The summed E-state index contributed by atoms with van der Waals surface area (Å²) in [7, 11) is 0. The highest BCUT2D eigenvalue weighted by Crippen LogP contribution is 2.37. The fraction of sp³-hybridized carbons (Fsp3) is 0.0893. The number of aromatic nitrogens is 3. The Labute approximate surface area is 357 Å². The molecule has 0 N–H and O–H groups in total. The Bertz CT molecular complexity index is 3030. The van der Waals surface area contributed by atoms with Crippen molar-refractivity contribution in [2.45, 2.75) is 34.1 Å². The SMILES string of the molecule is C=C(/C=C(\C=C(/C)c1ccc2sc3ccccc3c2c1)CC(=C)c1ccccc1-c1ccccc1C)c1cccc(-c2nc(C(/C=C\C)=C/C)nc(-c3ccccc3)n2)c1. The minimum atomic E-state index is 0.606. The van der Waals surface area contributed by atoms with E-state index in [0.717, 1.165) is 44.5 Å². The van der Waals surface area contributed by atoms with E-state index in [0.29, 0.717) is 23.9 Å². The van der Waals surface area contributed by atoms with Gasteiger partial charge in [-0.3, -0.25) is 0 Å². The van der Waals surface area contributed by atoms with E-state index in [1.807, 2.05) is 73.7 Å². The predicted octanol–water partition coefficient (Wildman–Crippen LogP) is 15.7. The highest BCUT2D eigenvalue weighted by Gasteiger charge is 2.15. The normalized spacial score (nSPS) is 12.4. The van der Waals surface area contributed by atoms with Gasteiger partial charge in [-0.2, -0.15) is 0 Å². The number of benzene rings is 6. The number of hydrogen-bond acceptors (Lipinski definition) is 4. The van der Waals surface area contributed by atoms with Crippen LogP contribution in [0, 0.1) is 6.92 Å². The minimum absolute atomic E-state index is 0.606. The van der Waals surface area contributed by atoms with Crippen LogP contribution in [0.3, 0.4) is 0 Å². The lowest BCUT2D eigenvalue weighted by Gasteiger charge is -2.16. The van der Waals surface area contributed by atoms with E-state index in [-0.39, 0.29) is 0 Å². The first-order chi connectivity index (χ1) is 29.3. The zero-order chi connectivity index (χ0) is 41.6. The van der Waals surface area contributed by atoms with Gasteiger partial charge in [-0.25, -0.2) is 15.0 Å². The van der Waals surface area contributed by atoms with Crippen molar-refractivity contribution in [2.75, 3.05) is 0 Å². The molecule has 0 spiro atoms. The Morgan fingerprint density at radius 2 is 1.30 bits per heavy atom. The fourth-order valence-corrected chi connectivity index (χ4v) is 8.80. The smallest absolute Gasteiger partial charge is 0.164 e. The van der Waals surface area contributed by atoms with Crippen molar-refractivity contribution >= 4 is 53.8 Å². The minimum Gasteiger partial charge on any atom is -0.208 e. The monoisotopic (exact) mass is 793 g/mol. The zero-order valence-electron chi connectivity index (χ0n) is 34.6. The molecular formula is C56H47N3S. The number of nitrogens with zero attached hydrogens (tertiary/aromatic N) is 3. The Morgan fingerprint density at radius 3 is 2.08 bits per heavy atom. The summed E-state index contributed by atoms with van der Waals surface area (Å²) in [6.07, 6.45) is 11.2. The lowest BCUT2D eigenvalue weighted by molar-refractivity contribution is 1.04. The van der Waals surface area contributed by atoms with Gasteiger partial charge in [0.15, 0.2) is 17.5 Å². The third-order valence-electron chi connectivity index (χ3n) is 10.8. The van der Waals surface area contributed by atoms with Gasteiger partial charge in [0.25, 0.3) is 0 Å². The first kappa shape index (κ1) is 39.8. The average molecular weight is 794 g/mol. The molecular weight excluding hydrogens is 747 g/mol. The summed E-state index contributed by atoms with van der Waals surface area (Å²) >= 11 is 1.84. The number of fused-ring (bicyclic) bond motifs is 3. The van der Waals surface area contributed by atoms with Crippen LogP contribution in [-0.4, -0.2) is 15.0 Å². The van der Waals surface area contributed by atoms with E-state index < -0.39 is 0 Å². The highest BCUT2D eigenvalue weighted by atomic mass is 32.1. The third-order valence-corrected chi connectivity index (χ3v) is 12.0. The van der Waals surface area contributed by atoms with Crippen LogP contribution in [0.25, 0.3) is 76.4 Å². The quantitative estimate of drug-likeness (QED) is 0.116. The molecule has 0 saturated heterocycles. The molecule has 8 rings (SSSR count). The van der Waals surface area contributed by atoms with Gasteiger partial charge in [0.1, 0.15) is 0 Å². The summed E-state index contributed by atoms with van der Waals surface area (Å²) in [5.41, 5.74) is 13.9. The zero-order valence-corrected chi connectivity index (χ0v) is 35.4. The summed E-state index contributed by atoms with van der Waals surface area (Å²) in [5.74, 6) is 1.86. The van der Waals surface area contributed by atoms with Crippen LogP contribution in [0.2, 0.25) is 0 Å². The van der Waals surface area contributed by atoms with E-state index in [1.165, 1.54) is 48.0 Å². The summed E-state index contributed by atoms with van der Waals surface area (Å²) in [4.78, 5) is 14.9. The molecule has 0 fully saturated rings. The van der Waals surface area contributed by atoms with Gasteiger partial charge >= 0.3 is 0 Å². The van der Waals surface area contributed by atoms with E-state index in [1.54, 1.807) is 0 Å². The topological polar surface area (TPSA) is 38.7 Å². The summed E-state index contributed by atoms with van der Waals surface area (Å²) in [5, 5.41) is 2.58. The van der Waals surface area contributed by atoms with Gasteiger partial charge < -0.3 is 0 Å². The maximum atomic E-state index is 4.99. The molecule has 6 aromatic carbocycles. The van der Waals surface area contributed by atoms with Gasteiger partial charge in [0, 0.05) is 36.9 Å². The highest BCUT2D eigenvalue weighted by molar-refractivity contribution is 7.25. The number of allylic oxidation sites excluding steroid dienone is 10. The molecule has 60 heavy (non-hydrogen) atoms. The predicted molar refractivity (Wildman–Crippen MR) is 260 cm³/mol. The molecule has 0 bridgehead atoms. The molecule has 2 aromatic heterocycles. The molecule has 292 valence electrons. The first-order valence-corrected chi connectivity index (χ1v) is 21.2. The Balaban J connectivity index is 1.20. The molecule has 0 atom stereocenters. The second-order valence-corrected chi connectivity index (χ2v) is 16.1. The number of rotatable bonds is 12. The molecule has 0 amide bonds. The lowest BCUT2D eigenvalue weighted by atomic mass is 9.89. The van der Waals surface area contributed by atoms with Crippen molar-refractivity contribution in [3.8, 4) is 33.9 Å². The fourth-order valence-electron chi connectivity index (χ4n) is 7.71. The molecule has 0 unspecified atom stereocenters. The first-order valence-electron chi connectivity index (χ1n) is 20.3. The van der Waals surface area contributed by atoms with Crippen molar-refractivity contribution in [3.05, 3.63) is 223 Å². The van der Waals surface area contributed by atoms with Crippen molar-refractivity contribution in [1.82, 2.24) is 15.0 Å². The van der Waals surface area contributed by atoms with Crippen LogP contribution < -0.4 is 0 Å². The van der Waals surface area contributed by atoms with Crippen LogP contribution in [-0.2, 0) is 0 Å². The Morgan fingerprint density at radius 1 is 0.617 bits per heavy atom. The Hall–Kier alpha value is -7.01. The maximum Gasteiger partial charge on any atom is 0.164 e.